The van der Waals surface area contributed by atoms with Crippen LogP contribution in [-0.4, -0.2) is 4.89 Å². The lowest BCUT2D eigenvalue weighted by molar-refractivity contribution is -0.188. The van der Waals surface area contributed by atoms with Crippen molar-refractivity contribution in [1.82, 2.24) is 0 Å². The standard InChI is InChI=1S/C20H27O6P/c1-19(2,3)15-7-11-17(12-8-15)23-25-27(21,22)26-24-18-13-9-16(10-14-18)20(4,5)6/h7-14H,1-6H3,(H,21,22). The molecule has 0 radical (unpaired) electrons. The Morgan fingerprint density at radius 2 is 0.963 bits per heavy atom. The van der Waals surface area contributed by atoms with Crippen LogP contribution >= 0.6 is 7.82 Å². The van der Waals surface area contributed by atoms with E-state index in [0.29, 0.717) is 0 Å². The summed E-state index contributed by atoms with van der Waals surface area (Å²) in [5.41, 5.74) is 2.18. The van der Waals surface area contributed by atoms with Gasteiger partial charge in [-0.25, -0.2) is 4.57 Å². The summed E-state index contributed by atoms with van der Waals surface area (Å²) in [4.78, 5) is 19.4. The first kappa shape index (κ1) is 21.5. The maximum Gasteiger partial charge on any atom is 0.544 e. The fourth-order valence-corrected chi connectivity index (χ4v) is 2.60. The van der Waals surface area contributed by atoms with E-state index in [1.54, 1.807) is 24.3 Å². The second kappa shape index (κ2) is 8.03. The summed E-state index contributed by atoms with van der Waals surface area (Å²) in [6.45, 7) is 12.5. The van der Waals surface area contributed by atoms with Crippen LogP contribution in [0.15, 0.2) is 48.5 Å². The average molecular weight is 394 g/mol. The van der Waals surface area contributed by atoms with Gasteiger partial charge in [0.15, 0.2) is 11.5 Å². The number of hydrogen-bond donors (Lipinski definition) is 1. The van der Waals surface area contributed by atoms with Crippen LogP contribution in [0.25, 0.3) is 0 Å². The van der Waals surface area contributed by atoms with E-state index in [1.807, 2.05) is 24.3 Å². The Morgan fingerprint density at radius 3 is 1.22 bits per heavy atom. The van der Waals surface area contributed by atoms with Crippen molar-refractivity contribution in [3.05, 3.63) is 59.7 Å². The molecule has 0 aromatic heterocycles. The van der Waals surface area contributed by atoms with Gasteiger partial charge in [-0.05, 0) is 46.2 Å². The summed E-state index contributed by atoms with van der Waals surface area (Å²) in [6, 6.07) is 14.0. The Hall–Kier alpha value is -1.85. The van der Waals surface area contributed by atoms with E-state index < -0.39 is 7.82 Å². The third-order valence-corrected chi connectivity index (χ3v) is 4.42. The summed E-state index contributed by atoms with van der Waals surface area (Å²) in [6.07, 6.45) is 0. The van der Waals surface area contributed by atoms with Crippen molar-refractivity contribution in [2.75, 3.05) is 0 Å². The smallest absolute Gasteiger partial charge is 0.327 e. The number of rotatable bonds is 6. The lowest BCUT2D eigenvalue weighted by atomic mass is 9.87. The minimum atomic E-state index is -4.56. The summed E-state index contributed by atoms with van der Waals surface area (Å²) < 4.78 is 20.9. The molecule has 148 valence electrons. The molecule has 6 nitrogen and oxygen atoms in total. The largest absolute Gasteiger partial charge is 0.544 e. The lowest BCUT2D eigenvalue weighted by Crippen LogP contribution is -2.10. The maximum atomic E-state index is 11.9. The molecule has 0 fully saturated rings. The summed E-state index contributed by atoms with van der Waals surface area (Å²) in [5.74, 6) is 0.547. The van der Waals surface area contributed by atoms with Gasteiger partial charge < -0.3 is 9.78 Å². The van der Waals surface area contributed by atoms with Gasteiger partial charge in [-0.15, -0.1) is 0 Å². The van der Waals surface area contributed by atoms with Gasteiger partial charge in [-0.1, -0.05) is 75.2 Å². The first-order chi connectivity index (χ1) is 12.4. The van der Waals surface area contributed by atoms with E-state index in [4.69, 9.17) is 9.78 Å². The van der Waals surface area contributed by atoms with E-state index in [2.05, 4.69) is 50.9 Å². The molecule has 27 heavy (non-hydrogen) atoms. The Kier molecular flexibility index (Phi) is 6.38. The van der Waals surface area contributed by atoms with Gasteiger partial charge in [0.1, 0.15) is 0 Å². The van der Waals surface area contributed by atoms with Gasteiger partial charge in [0.25, 0.3) is 0 Å². The topological polar surface area (TPSA) is 74.2 Å². The number of phosphoric acid groups is 1. The lowest BCUT2D eigenvalue weighted by Gasteiger charge is -2.19. The summed E-state index contributed by atoms with van der Waals surface area (Å²) in [5, 5.41) is 0. The molecule has 0 bridgehead atoms. The molecule has 2 rings (SSSR count). The van der Waals surface area contributed by atoms with Crippen molar-refractivity contribution in [2.45, 2.75) is 52.4 Å². The zero-order valence-corrected chi connectivity index (χ0v) is 17.4. The molecule has 0 amide bonds. The number of benzene rings is 2. The van der Waals surface area contributed by atoms with Crippen LogP contribution < -0.4 is 9.78 Å². The molecule has 0 aliphatic rings. The normalized spacial score (nSPS) is 12.7. The minimum absolute atomic E-state index is 0.00878. The quantitative estimate of drug-likeness (QED) is 0.385. The highest BCUT2D eigenvalue weighted by molar-refractivity contribution is 7.47. The molecule has 2 aromatic rings. The van der Waals surface area contributed by atoms with E-state index in [-0.39, 0.29) is 22.3 Å². The molecule has 0 unspecified atom stereocenters. The van der Waals surface area contributed by atoms with Crippen molar-refractivity contribution < 1.29 is 28.6 Å². The predicted molar refractivity (Wildman–Crippen MR) is 104 cm³/mol. The van der Waals surface area contributed by atoms with Gasteiger partial charge >= 0.3 is 7.82 Å². The van der Waals surface area contributed by atoms with Crippen LogP contribution in [0, 0.1) is 0 Å². The number of hydrogen-bond acceptors (Lipinski definition) is 5. The molecule has 0 spiro atoms. The Labute approximate surface area is 160 Å². The second-order valence-corrected chi connectivity index (χ2v) is 9.57. The van der Waals surface area contributed by atoms with Crippen molar-refractivity contribution in [1.29, 1.82) is 0 Å². The van der Waals surface area contributed by atoms with Gasteiger partial charge in [0, 0.05) is 0 Å². The van der Waals surface area contributed by atoms with E-state index in [9.17, 15) is 9.46 Å². The van der Waals surface area contributed by atoms with E-state index in [1.165, 1.54) is 0 Å². The van der Waals surface area contributed by atoms with Crippen molar-refractivity contribution in [3.63, 3.8) is 0 Å². The average Bonchev–Trinajstić information content (AvgIpc) is 2.58. The van der Waals surface area contributed by atoms with Crippen LogP contribution in [0.2, 0.25) is 0 Å². The molecule has 0 aliphatic heterocycles. The maximum absolute atomic E-state index is 11.9. The summed E-state index contributed by atoms with van der Waals surface area (Å²) >= 11 is 0. The fraction of sp³-hybridized carbons (Fsp3) is 0.400. The molecular formula is C20H27O6P. The second-order valence-electron chi connectivity index (χ2n) is 8.33. The zero-order chi connectivity index (χ0) is 20.3. The molecule has 0 heterocycles. The van der Waals surface area contributed by atoms with Crippen molar-refractivity contribution >= 4 is 7.82 Å². The highest BCUT2D eigenvalue weighted by Gasteiger charge is 2.27. The molecule has 0 aliphatic carbocycles. The van der Waals surface area contributed by atoms with Gasteiger partial charge in [0.05, 0.1) is 0 Å². The van der Waals surface area contributed by atoms with Gasteiger partial charge in [-0.3, -0.25) is 4.89 Å². The molecule has 0 atom stereocenters. The van der Waals surface area contributed by atoms with E-state index in [0.717, 1.165) is 11.1 Å². The highest BCUT2D eigenvalue weighted by Crippen LogP contribution is 2.44. The monoisotopic (exact) mass is 394 g/mol. The predicted octanol–water partition coefficient (Wildman–Crippen LogP) is 5.70. The molecule has 2 aromatic carbocycles. The first-order valence-corrected chi connectivity index (χ1v) is 10.1. The summed E-state index contributed by atoms with van der Waals surface area (Å²) in [7, 11) is -4.56. The molecule has 0 saturated heterocycles. The Morgan fingerprint density at radius 1 is 0.667 bits per heavy atom. The third-order valence-electron chi connectivity index (χ3n) is 3.90. The van der Waals surface area contributed by atoms with Crippen molar-refractivity contribution in [2.24, 2.45) is 0 Å². The minimum Gasteiger partial charge on any atom is -0.327 e. The van der Waals surface area contributed by atoms with Gasteiger partial charge in [0.2, 0.25) is 0 Å². The third kappa shape index (κ3) is 6.67. The fourth-order valence-electron chi connectivity index (χ4n) is 2.21. The van der Waals surface area contributed by atoms with Crippen molar-refractivity contribution in [3.8, 4) is 11.5 Å². The zero-order valence-electron chi connectivity index (χ0n) is 16.6. The van der Waals surface area contributed by atoms with Crippen LogP contribution in [0.1, 0.15) is 52.7 Å². The van der Waals surface area contributed by atoms with E-state index >= 15 is 0 Å². The Balaban J connectivity index is 1.88. The molecule has 0 saturated carbocycles. The first-order valence-electron chi connectivity index (χ1n) is 8.63. The van der Waals surface area contributed by atoms with Crippen LogP contribution in [0.4, 0.5) is 0 Å². The highest BCUT2D eigenvalue weighted by atomic mass is 31.2. The van der Waals surface area contributed by atoms with Crippen LogP contribution in [0.3, 0.4) is 0 Å². The molecular weight excluding hydrogens is 367 g/mol. The van der Waals surface area contributed by atoms with Crippen LogP contribution in [-0.2, 0) is 24.7 Å². The van der Waals surface area contributed by atoms with Gasteiger partial charge in [-0.2, -0.15) is 0 Å². The molecule has 1 N–H and O–H groups in total. The van der Waals surface area contributed by atoms with Crippen LogP contribution in [0.5, 0.6) is 11.5 Å². The SMILES string of the molecule is CC(C)(C)c1ccc(OOP(=O)(O)OOc2ccc(C(C)(C)C)cc2)cc1. The Bertz CT molecular complexity index is 720. The molecule has 7 heteroatoms.